The Hall–Kier alpha value is 0.230. The highest BCUT2D eigenvalue weighted by atomic mass is 32.2. The minimum absolute atomic E-state index is 0.0641. The van der Waals surface area contributed by atoms with Crippen LogP contribution < -0.4 is 0 Å². The van der Waals surface area contributed by atoms with Crippen LogP contribution in [0.25, 0.3) is 0 Å². The average Bonchev–Trinajstić information content (AvgIpc) is 2.98. The molecule has 0 aromatic rings. The average molecular weight is 272 g/mol. The molecule has 0 aromatic heterocycles. The number of aliphatic hydroxyl groups excluding tert-OH is 1. The summed E-state index contributed by atoms with van der Waals surface area (Å²) in [5.74, 6) is 2.69. The number of thioether (sulfide) groups is 1. The van der Waals surface area contributed by atoms with Crippen molar-refractivity contribution < 1.29 is 14.6 Å². The van der Waals surface area contributed by atoms with E-state index in [1.54, 1.807) is 0 Å². The van der Waals surface area contributed by atoms with Crippen molar-refractivity contribution in [2.45, 2.75) is 62.9 Å². The highest BCUT2D eigenvalue weighted by Gasteiger charge is 2.44. The Balaban J connectivity index is 1.61. The molecule has 3 aliphatic rings. The molecule has 104 valence electrons. The summed E-state index contributed by atoms with van der Waals surface area (Å²) in [6.07, 6.45) is 5.36. The van der Waals surface area contributed by atoms with Crippen LogP contribution in [0.2, 0.25) is 0 Å². The molecule has 18 heavy (non-hydrogen) atoms. The summed E-state index contributed by atoms with van der Waals surface area (Å²) in [6.45, 7) is 2.91. The second kappa shape index (κ2) is 5.31. The quantitative estimate of drug-likeness (QED) is 0.836. The number of hydrogen-bond donors (Lipinski definition) is 1. The maximum atomic E-state index is 10.5. The first-order chi connectivity index (χ1) is 8.69. The molecule has 4 heteroatoms. The van der Waals surface area contributed by atoms with E-state index in [9.17, 15) is 5.11 Å². The molecule has 1 spiro atoms. The fourth-order valence-corrected chi connectivity index (χ4v) is 4.99. The fourth-order valence-electron chi connectivity index (χ4n) is 3.61. The Labute approximate surface area is 114 Å². The number of rotatable bonds is 2. The number of ether oxygens (including phenoxy) is 2. The van der Waals surface area contributed by atoms with Crippen LogP contribution in [-0.2, 0) is 9.47 Å². The zero-order chi connectivity index (χ0) is 12.6. The monoisotopic (exact) mass is 272 g/mol. The molecule has 3 saturated heterocycles. The van der Waals surface area contributed by atoms with Crippen LogP contribution >= 0.6 is 11.8 Å². The van der Waals surface area contributed by atoms with Gasteiger partial charge in [-0.25, -0.2) is 0 Å². The molecule has 3 nitrogen and oxygen atoms in total. The second-order valence-electron chi connectivity index (χ2n) is 6.14. The molecule has 5 atom stereocenters. The SMILES string of the molecule is CC1CCC(C(O)C2CCOC3(CCSC3)C2)O1. The molecule has 0 saturated carbocycles. The van der Waals surface area contributed by atoms with E-state index in [-0.39, 0.29) is 17.8 Å². The van der Waals surface area contributed by atoms with Gasteiger partial charge in [0, 0.05) is 12.4 Å². The molecule has 0 aromatic carbocycles. The first-order valence-corrected chi connectivity index (χ1v) is 8.39. The van der Waals surface area contributed by atoms with Gasteiger partial charge in [-0.1, -0.05) is 0 Å². The fraction of sp³-hybridized carbons (Fsp3) is 1.00. The molecule has 3 heterocycles. The standard InChI is InChI=1S/C14H24O3S/c1-10-2-3-12(17-10)13(15)11-4-6-16-14(8-11)5-7-18-9-14/h10-13,15H,2-9H2,1H3. The predicted molar refractivity (Wildman–Crippen MR) is 72.9 cm³/mol. The molecule has 3 aliphatic heterocycles. The van der Waals surface area contributed by atoms with Gasteiger partial charge in [0.15, 0.2) is 0 Å². The van der Waals surface area contributed by atoms with Crippen molar-refractivity contribution in [3.63, 3.8) is 0 Å². The molecule has 0 aliphatic carbocycles. The van der Waals surface area contributed by atoms with Crippen molar-refractivity contribution in [3.8, 4) is 0 Å². The molecular weight excluding hydrogens is 248 g/mol. The van der Waals surface area contributed by atoms with E-state index in [0.29, 0.717) is 12.0 Å². The Morgan fingerprint density at radius 1 is 1.33 bits per heavy atom. The van der Waals surface area contributed by atoms with Crippen molar-refractivity contribution in [1.29, 1.82) is 0 Å². The van der Waals surface area contributed by atoms with Gasteiger partial charge in [-0.15, -0.1) is 0 Å². The lowest BCUT2D eigenvalue weighted by Gasteiger charge is -2.40. The van der Waals surface area contributed by atoms with E-state index in [4.69, 9.17) is 9.47 Å². The van der Waals surface area contributed by atoms with Gasteiger partial charge in [-0.2, -0.15) is 11.8 Å². The van der Waals surface area contributed by atoms with Crippen molar-refractivity contribution in [2.75, 3.05) is 18.1 Å². The normalized spacial score (nSPS) is 46.7. The largest absolute Gasteiger partial charge is 0.390 e. The third kappa shape index (κ3) is 2.58. The Morgan fingerprint density at radius 2 is 2.22 bits per heavy atom. The molecule has 0 bridgehead atoms. The predicted octanol–water partition coefficient (Wildman–Crippen LogP) is 2.22. The summed E-state index contributed by atoms with van der Waals surface area (Å²) in [7, 11) is 0. The van der Waals surface area contributed by atoms with Crippen molar-refractivity contribution >= 4 is 11.8 Å². The zero-order valence-electron chi connectivity index (χ0n) is 11.1. The van der Waals surface area contributed by atoms with Gasteiger partial charge in [0.1, 0.15) is 0 Å². The smallest absolute Gasteiger partial charge is 0.0841 e. The van der Waals surface area contributed by atoms with Gasteiger partial charge in [0.05, 0.1) is 23.9 Å². The molecule has 3 fully saturated rings. The van der Waals surface area contributed by atoms with Crippen LogP contribution in [0.15, 0.2) is 0 Å². The lowest BCUT2D eigenvalue weighted by molar-refractivity contribution is -0.126. The Bertz CT molecular complexity index is 291. The molecule has 5 unspecified atom stereocenters. The maximum absolute atomic E-state index is 10.5. The lowest BCUT2D eigenvalue weighted by Crippen LogP contribution is -2.46. The Kier molecular flexibility index (Phi) is 3.90. The summed E-state index contributed by atoms with van der Waals surface area (Å²) in [5, 5.41) is 10.5. The zero-order valence-corrected chi connectivity index (χ0v) is 12.0. The van der Waals surface area contributed by atoms with Crippen molar-refractivity contribution in [1.82, 2.24) is 0 Å². The summed E-state index contributed by atoms with van der Waals surface area (Å²) < 4.78 is 11.8. The molecular formula is C14H24O3S. The first kappa shape index (κ1) is 13.2. The molecule has 1 N–H and O–H groups in total. The van der Waals surface area contributed by atoms with Crippen molar-refractivity contribution in [3.05, 3.63) is 0 Å². The van der Waals surface area contributed by atoms with Gasteiger partial charge >= 0.3 is 0 Å². The molecule has 3 rings (SSSR count). The van der Waals surface area contributed by atoms with Gasteiger partial charge in [0.25, 0.3) is 0 Å². The van der Waals surface area contributed by atoms with Gasteiger partial charge in [-0.05, 0) is 50.7 Å². The van der Waals surface area contributed by atoms with Crippen LogP contribution in [0.4, 0.5) is 0 Å². The first-order valence-electron chi connectivity index (χ1n) is 7.24. The van der Waals surface area contributed by atoms with Crippen LogP contribution in [-0.4, -0.2) is 47.1 Å². The second-order valence-corrected chi connectivity index (χ2v) is 7.25. The number of aliphatic hydroxyl groups is 1. The van der Waals surface area contributed by atoms with Gasteiger partial charge in [-0.3, -0.25) is 0 Å². The van der Waals surface area contributed by atoms with E-state index >= 15 is 0 Å². The number of hydrogen-bond acceptors (Lipinski definition) is 4. The maximum Gasteiger partial charge on any atom is 0.0841 e. The molecule has 0 radical (unpaired) electrons. The molecule has 0 amide bonds. The van der Waals surface area contributed by atoms with Crippen molar-refractivity contribution in [2.24, 2.45) is 5.92 Å². The summed E-state index contributed by atoms with van der Waals surface area (Å²) in [6, 6.07) is 0. The third-order valence-corrected chi connectivity index (χ3v) is 5.95. The van der Waals surface area contributed by atoms with E-state index in [0.717, 1.165) is 44.5 Å². The van der Waals surface area contributed by atoms with Crippen LogP contribution in [0, 0.1) is 5.92 Å². The summed E-state index contributed by atoms with van der Waals surface area (Å²) in [5.41, 5.74) is 0.0682. The topological polar surface area (TPSA) is 38.7 Å². The minimum atomic E-state index is -0.290. The summed E-state index contributed by atoms with van der Waals surface area (Å²) >= 11 is 1.99. The van der Waals surface area contributed by atoms with Crippen LogP contribution in [0.1, 0.15) is 39.0 Å². The van der Waals surface area contributed by atoms with E-state index in [2.05, 4.69) is 6.92 Å². The Morgan fingerprint density at radius 3 is 2.89 bits per heavy atom. The lowest BCUT2D eigenvalue weighted by atomic mass is 9.80. The van der Waals surface area contributed by atoms with Gasteiger partial charge in [0.2, 0.25) is 0 Å². The van der Waals surface area contributed by atoms with Crippen LogP contribution in [0.3, 0.4) is 0 Å². The van der Waals surface area contributed by atoms with Gasteiger partial charge < -0.3 is 14.6 Å². The minimum Gasteiger partial charge on any atom is -0.390 e. The van der Waals surface area contributed by atoms with Crippen LogP contribution in [0.5, 0.6) is 0 Å². The van der Waals surface area contributed by atoms with E-state index in [1.807, 2.05) is 11.8 Å². The van der Waals surface area contributed by atoms with E-state index < -0.39 is 0 Å². The third-order valence-electron chi connectivity index (χ3n) is 4.73. The van der Waals surface area contributed by atoms with E-state index in [1.165, 1.54) is 5.75 Å². The highest BCUT2D eigenvalue weighted by molar-refractivity contribution is 7.99. The summed E-state index contributed by atoms with van der Waals surface area (Å²) in [4.78, 5) is 0. The highest BCUT2D eigenvalue weighted by Crippen LogP contribution is 2.42.